The summed E-state index contributed by atoms with van der Waals surface area (Å²) in [5.74, 6) is -1.18. The number of amides is 1. The summed E-state index contributed by atoms with van der Waals surface area (Å²) in [4.78, 5) is 24.4. The number of ether oxygens (including phenoxy) is 2. The van der Waals surface area contributed by atoms with E-state index in [1.807, 2.05) is 0 Å². The molecule has 1 aliphatic heterocycles. The minimum atomic E-state index is -0.900. The molecule has 0 aromatic heterocycles. The van der Waals surface area contributed by atoms with Crippen molar-refractivity contribution >= 4 is 40.7 Å². The Morgan fingerprint density at radius 1 is 1.04 bits per heavy atom. The molecular formula is C19H15Cl2NO5. The van der Waals surface area contributed by atoms with Gasteiger partial charge >= 0.3 is 0 Å². The molecule has 3 rings (SSSR count). The molecule has 1 aliphatic rings. The number of aliphatic hydroxyl groups excluding tert-OH is 1. The number of carbonyl (C=O) groups excluding carboxylic acids is 2. The van der Waals surface area contributed by atoms with Gasteiger partial charge in [0, 0.05) is 15.6 Å². The van der Waals surface area contributed by atoms with Gasteiger partial charge in [0.25, 0.3) is 11.7 Å². The highest BCUT2D eigenvalue weighted by molar-refractivity contribution is 6.47. The molecule has 27 heavy (non-hydrogen) atoms. The van der Waals surface area contributed by atoms with Crippen molar-refractivity contribution in [2.45, 2.75) is 6.04 Å². The molecule has 1 saturated heterocycles. The fourth-order valence-electron chi connectivity index (χ4n) is 2.87. The monoisotopic (exact) mass is 407 g/mol. The molecule has 0 spiro atoms. The number of aliphatic hydroxyl groups is 1. The molecule has 1 fully saturated rings. The lowest BCUT2D eigenvalue weighted by atomic mass is 9.95. The summed E-state index contributed by atoms with van der Waals surface area (Å²) >= 11 is 12.1. The highest BCUT2D eigenvalue weighted by Crippen LogP contribution is 2.38. The van der Waals surface area contributed by atoms with Crippen molar-refractivity contribution in [3.8, 4) is 11.5 Å². The van der Waals surface area contributed by atoms with Crippen molar-refractivity contribution in [3.05, 3.63) is 63.1 Å². The SMILES string of the molecule is COc1ccc(/C(O)=C2/C(=O)C(=O)NC2c2ccc(Cl)cc2Cl)cc1OC. The van der Waals surface area contributed by atoms with Crippen LogP contribution in [-0.2, 0) is 9.59 Å². The molecular weight excluding hydrogens is 393 g/mol. The number of rotatable bonds is 4. The maximum Gasteiger partial charge on any atom is 0.293 e. The van der Waals surface area contributed by atoms with Crippen LogP contribution in [0.4, 0.5) is 0 Å². The Labute approximate surface area is 165 Å². The number of hydrogen-bond acceptors (Lipinski definition) is 5. The van der Waals surface area contributed by atoms with Crippen LogP contribution in [0.3, 0.4) is 0 Å². The standard InChI is InChI=1S/C19H15Cl2NO5/c1-26-13-6-3-9(7-14(13)27-2)17(23)15-16(22-19(25)18(15)24)11-5-4-10(20)8-12(11)21/h3-8,16,23H,1-2H3,(H,22,25)/b17-15-. The van der Waals surface area contributed by atoms with Crippen molar-refractivity contribution in [1.29, 1.82) is 0 Å². The van der Waals surface area contributed by atoms with E-state index < -0.39 is 17.7 Å². The van der Waals surface area contributed by atoms with Gasteiger partial charge < -0.3 is 19.9 Å². The van der Waals surface area contributed by atoms with Crippen LogP contribution in [0.5, 0.6) is 11.5 Å². The normalized spacial score (nSPS) is 18.3. The molecule has 8 heteroatoms. The van der Waals surface area contributed by atoms with Crippen LogP contribution >= 0.6 is 23.2 Å². The number of Topliss-reactive ketones (excluding diaryl/α,β-unsaturated/α-hetero) is 1. The van der Waals surface area contributed by atoms with Crippen molar-refractivity contribution in [1.82, 2.24) is 5.32 Å². The fraction of sp³-hybridized carbons (Fsp3) is 0.158. The number of methoxy groups -OCH3 is 2. The zero-order valence-electron chi connectivity index (χ0n) is 14.4. The second kappa shape index (κ2) is 7.50. The molecule has 2 aromatic carbocycles. The third-order valence-electron chi connectivity index (χ3n) is 4.20. The molecule has 1 unspecified atom stereocenters. The minimum absolute atomic E-state index is 0.101. The van der Waals surface area contributed by atoms with E-state index in [0.717, 1.165) is 0 Å². The quantitative estimate of drug-likeness (QED) is 0.458. The van der Waals surface area contributed by atoms with E-state index in [1.54, 1.807) is 24.3 Å². The van der Waals surface area contributed by atoms with Gasteiger partial charge in [0.1, 0.15) is 5.76 Å². The number of hydrogen-bond donors (Lipinski definition) is 2. The Morgan fingerprint density at radius 2 is 1.74 bits per heavy atom. The average Bonchev–Trinajstić information content (AvgIpc) is 2.95. The number of benzene rings is 2. The van der Waals surface area contributed by atoms with E-state index in [-0.39, 0.29) is 16.4 Å². The van der Waals surface area contributed by atoms with Crippen molar-refractivity contribution in [2.75, 3.05) is 14.2 Å². The van der Waals surface area contributed by atoms with E-state index in [0.29, 0.717) is 27.6 Å². The van der Waals surface area contributed by atoms with Crippen LogP contribution in [0.1, 0.15) is 17.2 Å². The number of nitrogens with one attached hydrogen (secondary N) is 1. The second-order valence-corrected chi connectivity index (χ2v) is 6.58. The van der Waals surface area contributed by atoms with Gasteiger partial charge in [-0.3, -0.25) is 9.59 Å². The maximum absolute atomic E-state index is 12.4. The first-order valence-corrected chi connectivity index (χ1v) is 8.58. The van der Waals surface area contributed by atoms with E-state index in [9.17, 15) is 14.7 Å². The van der Waals surface area contributed by atoms with Crippen LogP contribution < -0.4 is 14.8 Å². The minimum Gasteiger partial charge on any atom is -0.507 e. The first kappa shape index (κ1) is 19.1. The van der Waals surface area contributed by atoms with Gasteiger partial charge in [0.05, 0.1) is 25.8 Å². The topological polar surface area (TPSA) is 84.9 Å². The first-order chi connectivity index (χ1) is 12.9. The van der Waals surface area contributed by atoms with Crippen LogP contribution in [0.2, 0.25) is 10.0 Å². The molecule has 6 nitrogen and oxygen atoms in total. The van der Waals surface area contributed by atoms with E-state index in [2.05, 4.69) is 5.32 Å². The van der Waals surface area contributed by atoms with Gasteiger partial charge in [0.2, 0.25) is 0 Å². The van der Waals surface area contributed by atoms with Gasteiger partial charge in [0.15, 0.2) is 11.5 Å². The van der Waals surface area contributed by atoms with Gasteiger partial charge in [-0.2, -0.15) is 0 Å². The smallest absolute Gasteiger partial charge is 0.293 e. The second-order valence-electron chi connectivity index (χ2n) is 5.73. The Hall–Kier alpha value is -2.70. The summed E-state index contributed by atoms with van der Waals surface area (Å²) in [7, 11) is 2.94. The molecule has 2 aromatic rings. The summed E-state index contributed by atoms with van der Waals surface area (Å²) in [5, 5.41) is 14.0. The lowest BCUT2D eigenvalue weighted by Gasteiger charge is -2.16. The van der Waals surface area contributed by atoms with Crippen LogP contribution in [0.15, 0.2) is 42.0 Å². The lowest BCUT2D eigenvalue weighted by Crippen LogP contribution is -2.21. The summed E-state index contributed by atoms with van der Waals surface area (Å²) < 4.78 is 10.4. The average molecular weight is 408 g/mol. The zero-order valence-corrected chi connectivity index (χ0v) is 15.9. The highest BCUT2D eigenvalue weighted by atomic mass is 35.5. The Bertz CT molecular complexity index is 971. The predicted octanol–water partition coefficient (Wildman–Crippen LogP) is 3.72. The predicted molar refractivity (Wildman–Crippen MR) is 101 cm³/mol. The van der Waals surface area contributed by atoms with E-state index in [4.69, 9.17) is 32.7 Å². The molecule has 140 valence electrons. The largest absolute Gasteiger partial charge is 0.507 e. The Morgan fingerprint density at radius 3 is 2.37 bits per heavy atom. The third kappa shape index (κ3) is 3.46. The molecule has 2 N–H and O–H groups in total. The zero-order chi connectivity index (χ0) is 19.7. The van der Waals surface area contributed by atoms with Gasteiger partial charge in [-0.25, -0.2) is 0 Å². The number of ketones is 1. The summed E-state index contributed by atoms with van der Waals surface area (Å²) in [5.41, 5.74) is 0.640. The van der Waals surface area contributed by atoms with Gasteiger partial charge in [-0.1, -0.05) is 29.3 Å². The molecule has 1 atom stereocenters. The Balaban J connectivity index is 2.15. The molecule has 0 saturated carbocycles. The maximum atomic E-state index is 12.4. The lowest BCUT2D eigenvalue weighted by molar-refractivity contribution is -0.133. The van der Waals surface area contributed by atoms with Crippen LogP contribution in [0.25, 0.3) is 5.76 Å². The summed E-state index contributed by atoms with van der Waals surface area (Å²) in [6, 6.07) is 8.43. The van der Waals surface area contributed by atoms with Crippen molar-refractivity contribution < 1.29 is 24.2 Å². The molecule has 0 radical (unpaired) electrons. The molecule has 1 amide bonds. The van der Waals surface area contributed by atoms with E-state index in [1.165, 1.54) is 26.4 Å². The number of carbonyl (C=O) groups is 2. The van der Waals surface area contributed by atoms with Crippen molar-refractivity contribution in [2.24, 2.45) is 0 Å². The summed E-state index contributed by atoms with van der Waals surface area (Å²) in [6.45, 7) is 0. The van der Waals surface area contributed by atoms with Crippen LogP contribution in [0, 0.1) is 0 Å². The first-order valence-electron chi connectivity index (χ1n) is 7.83. The molecule has 0 bridgehead atoms. The summed E-state index contributed by atoms with van der Waals surface area (Å²) in [6.07, 6.45) is 0. The third-order valence-corrected chi connectivity index (χ3v) is 4.76. The molecule has 0 aliphatic carbocycles. The van der Waals surface area contributed by atoms with E-state index >= 15 is 0 Å². The fourth-order valence-corrected chi connectivity index (χ4v) is 3.39. The van der Waals surface area contributed by atoms with Gasteiger partial charge in [-0.15, -0.1) is 0 Å². The van der Waals surface area contributed by atoms with Crippen molar-refractivity contribution in [3.63, 3.8) is 0 Å². The van der Waals surface area contributed by atoms with Crippen LogP contribution in [-0.4, -0.2) is 31.0 Å². The molecule has 1 heterocycles. The Kier molecular flexibility index (Phi) is 5.30. The van der Waals surface area contributed by atoms with Gasteiger partial charge in [-0.05, 0) is 35.9 Å². The number of halogens is 2. The highest BCUT2D eigenvalue weighted by Gasteiger charge is 2.40.